The number of imidazole rings is 1. The van der Waals surface area contributed by atoms with Gasteiger partial charge in [-0.25, -0.2) is 4.98 Å². The van der Waals surface area contributed by atoms with E-state index in [1.54, 1.807) is 0 Å². The second-order valence-electron chi connectivity index (χ2n) is 7.59. The lowest BCUT2D eigenvalue weighted by molar-refractivity contribution is 0.0913. The first-order valence-corrected chi connectivity index (χ1v) is 10.9. The molecule has 2 aromatic rings. The number of nitrogens with zero attached hydrogens (tertiary/aromatic N) is 2. The Morgan fingerprint density at radius 3 is 2.61 bits per heavy atom. The van der Waals surface area contributed by atoms with Gasteiger partial charge < -0.3 is 15.2 Å². The number of amides is 1. The third kappa shape index (κ3) is 4.46. The lowest BCUT2D eigenvalue weighted by Gasteiger charge is -2.28. The largest absolute Gasteiger partial charge is 0.348 e. The summed E-state index contributed by atoms with van der Waals surface area (Å²) in [6, 6.07) is 10.4. The molecule has 152 valence electrons. The molecular weight excluding hydrogens is 348 g/mol. The number of hydrogen-bond acceptors (Lipinski definition) is 3. The molecule has 2 N–H and O–H groups in total. The SMILES string of the molecule is CC.CC(NC(=O)c1nc(-c2ccccc2)n2c1CNCC2)C1CCCCC1. The van der Waals surface area contributed by atoms with Gasteiger partial charge in [-0.1, -0.05) is 63.4 Å². The van der Waals surface area contributed by atoms with E-state index in [-0.39, 0.29) is 11.9 Å². The Morgan fingerprint density at radius 2 is 1.89 bits per heavy atom. The number of aromatic nitrogens is 2. The second-order valence-corrected chi connectivity index (χ2v) is 7.59. The molecule has 1 aromatic carbocycles. The minimum Gasteiger partial charge on any atom is -0.348 e. The van der Waals surface area contributed by atoms with Crippen LogP contribution in [0.2, 0.25) is 0 Å². The number of fused-ring (bicyclic) bond motifs is 1. The van der Waals surface area contributed by atoms with E-state index < -0.39 is 0 Å². The lowest BCUT2D eigenvalue weighted by atomic mass is 9.84. The first kappa shape index (κ1) is 20.6. The number of carbonyl (C=O) groups excluding carboxylic acids is 1. The molecule has 1 unspecified atom stereocenters. The zero-order chi connectivity index (χ0) is 19.9. The molecule has 0 bridgehead atoms. The van der Waals surface area contributed by atoms with Gasteiger partial charge in [0, 0.05) is 31.2 Å². The fourth-order valence-electron chi connectivity index (χ4n) is 4.32. The smallest absolute Gasteiger partial charge is 0.272 e. The number of rotatable bonds is 4. The van der Waals surface area contributed by atoms with Crippen LogP contribution in [0.15, 0.2) is 30.3 Å². The minimum atomic E-state index is -0.0299. The third-order valence-electron chi connectivity index (χ3n) is 5.84. The molecular formula is C23H34N4O. The molecule has 1 aromatic heterocycles. The average Bonchev–Trinajstić information content (AvgIpc) is 3.16. The van der Waals surface area contributed by atoms with Crippen LogP contribution in [0, 0.1) is 5.92 Å². The first-order valence-electron chi connectivity index (χ1n) is 10.9. The molecule has 2 aliphatic rings. The lowest BCUT2D eigenvalue weighted by Crippen LogP contribution is -2.40. The van der Waals surface area contributed by atoms with Gasteiger partial charge in [-0.05, 0) is 25.7 Å². The maximum atomic E-state index is 13.0. The van der Waals surface area contributed by atoms with Crippen LogP contribution < -0.4 is 10.6 Å². The number of nitrogens with one attached hydrogen (secondary N) is 2. The molecule has 5 heteroatoms. The Labute approximate surface area is 168 Å². The quantitative estimate of drug-likeness (QED) is 0.825. The molecule has 1 amide bonds. The highest BCUT2D eigenvalue weighted by molar-refractivity contribution is 5.94. The van der Waals surface area contributed by atoms with Crippen molar-refractivity contribution in [1.82, 2.24) is 20.2 Å². The predicted molar refractivity (Wildman–Crippen MR) is 114 cm³/mol. The molecule has 1 atom stereocenters. The van der Waals surface area contributed by atoms with Gasteiger partial charge in [0.1, 0.15) is 5.82 Å². The monoisotopic (exact) mass is 382 g/mol. The summed E-state index contributed by atoms with van der Waals surface area (Å²) in [5.74, 6) is 1.47. The average molecular weight is 383 g/mol. The summed E-state index contributed by atoms with van der Waals surface area (Å²) in [6.07, 6.45) is 6.34. The Hall–Kier alpha value is -2.14. The molecule has 0 spiro atoms. The molecule has 28 heavy (non-hydrogen) atoms. The molecule has 1 saturated carbocycles. The van der Waals surface area contributed by atoms with Gasteiger partial charge in [-0.15, -0.1) is 0 Å². The highest BCUT2D eigenvalue weighted by Crippen LogP contribution is 2.27. The Kier molecular flexibility index (Phi) is 7.26. The van der Waals surface area contributed by atoms with Gasteiger partial charge in [0.05, 0.1) is 5.69 Å². The summed E-state index contributed by atoms with van der Waals surface area (Å²) in [6.45, 7) is 8.59. The van der Waals surface area contributed by atoms with Crippen LogP contribution in [-0.4, -0.2) is 28.0 Å². The predicted octanol–water partition coefficient (Wildman–Crippen LogP) is 4.38. The van der Waals surface area contributed by atoms with Crippen molar-refractivity contribution in [2.75, 3.05) is 6.54 Å². The molecule has 5 nitrogen and oxygen atoms in total. The standard InChI is InChI=1S/C21H28N4O.C2H6/c1-15(16-8-4-2-5-9-16)23-21(26)19-18-14-22-12-13-25(18)20(24-19)17-10-6-3-7-11-17;1-2/h3,6-7,10-11,15-16,22H,2,4-5,8-9,12-14H2,1H3,(H,23,26);1-2H3. The number of hydrogen-bond donors (Lipinski definition) is 2. The van der Waals surface area contributed by atoms with Gasteiger partial charge in [0.25, 0.3) is 5.91 Å². The van der Waals surface area contributed by atoms with E-state index in [0.717, 1.165) is 30.2 Å². The molecule has 4 rings (SSSR count). The van der Waals surface area contributed by atoms with E-state index >= 15 is 0 Å². The molecule has 1 aliphatic heterocycles. The van der Waals surface area contributed by atoms with Gasteiger partial charge in [0.15, 0.2) is 5.69 Å². The fraction of sp³-hybridized carbons (Fsp3) is 0.565. The van der Waals surface area contributed by atoms with Gasteiger partial charge >= 0.3 is 0 Å². The van der Waals surface area contributed by atoms with E-state index in [2.05, 4.69) is 34.3 Å². The van der Waals surface area contributed by atoms with E-state index in [9.17, 15) is 4.79 Å². The van der Waals surface area contributed by atoms with Crippen LogP contribution >= 0.6 is 0 Å². The Morgan fingerprint density at radius 1 is 1.18 bits per heavy atom. The number of carbonyl (C=O) groups is 1. The molecule has 1 aliphatic carbocycles. The zero-order valence-corrected chi connectivity index (χ0v) is 17.5. The van der Waals surface area contributed by atoms with Crippen LogP contribution in [0.25, 0.3) is 11.4 Å². The highest BCUT2D eigenvalue weighted by atomic mass is 16.2. The highest BCUT2D eigenvalue weighted by Gasteiger charge is 2.27. The third-order valence-corrected chi connectivity index (χ3v) is 5.84. The van der Waals surface area contributed by atoms with E-state index in [0.29, 0.717) is 18.2 Å². The first-order chi connectivity index (χ1) is 13.7. The van der Waals surface area contributed by atoms with E-state index in [1.807, 2.05) is 32.0 Å². The van der Waals surface area contributed by atoms with Crippen LogP contribution in [-0.2, 0) is 13.1 Å². The van der Waals surface area contributed by atoms with E-state index in [1.165, 1.54) is 32.1 Å². The van der Waals surface area contributed by atoms with Crippen molar-refractivity contribution in [3.8, 4) is 11.4 Å². The summed E-state index contributed by atoms with van der Waals surface area (Å²) in [5.41, 5.74) is 2.65. The Balaban J connectivity index is 0.00000109. The molecule has 1 fully saturated rings. The van der Waals surface area contributed by atoms with Crippen molar-refractivity contribution in [2.45, 2.75) is 72.0 Å². The zero-order valence-electron chi connectivity index (χ0n) is 17.5. The normalized spacial score (nSPS) is 17.8. The van der Waals surface area contributed by atoms with Crippen molar-refractivity contribution in [1.29, 1.82) is 0 Å². The maximum absolute atomic E-state index is 13.0. The second kappa shape index (κ2) is 9.87. The van der Waals surface area contributed by atoms with Gasteiger partial charge in [-0.2, -0.15) is 0 Å². The van der Waals surface area contributed by atoms with Crippen molar-refractivity contribution in [2.24, 2.45) is 5.92 Å². The van der Waals surface area contributed by atoms with Crippen molar-refractivity contribution >= 4 is 5.91 Å². The minimum absolute atomic E-state index is 0.0299. The molecule has 2 heterocycles. The van der Waals surface area contributed by atoms with Crippen molar-refractivity contribution < 1.29 is 4.79 Å². The molecule has 0 radical (unpaired) electrons. The van der Waals surface area contributed by atoms with E-state index in [4.69, 9.17) is 4.98 Å². The van der Waals surface area contributed by atoms with Crippen LogP contribution in [0.4, 0.5) is 0 Å². The summed E-state index contributed by atoms with van der Waals surface area (Å²) in [4.78, 5) is 17.8. The summed E-state index contributed by atoms with van der Waals surface area (Å²) in [7, 11) is 0. The van der Waals surface area contributed by atoms with Crippen LogP contribution in [0.3, 0.4) is 0 Å². The number of benzene rings is 1. The summed E-state index contributed by atoms with van der Waals surface area (Å²) < 4.78 is 2.20. The van der Waals surface area contributed by atoms with Crippen LogP contribution in [0.5, 0.6) is 0 Å². The van der Waals surface area contributed by atoms with Crippen LogP contribution in [0.1, 0.15) is 69.1 Å². The van der Waals surface area contributed by atoms with Gasteiger partial charge in [0.2, 0.25) is 0 Å². The fourth-order valence-corrected chi connectivity index (χ4v) is 4.32. The van der Waals surface area contributed by atoms with Crippen molar-refractivity contribution in [3.05, 3.63) is 41.7 Å². The topological polar surface area (TPSA) is 59.0 Å². The van der Waals surface area contributed by atoms with Crippen molar-refractivity contribution in [3.63, 3.8) is 0 Å². The summed E-state index contributed by atoms with van der Waals surface area (Å²) in [5, 5.41) is 6.62. The summed E-state index contributed by atoms with van der Waals surface area (Å²) >= 11 is 0. The molecule has 0 saturated heterocycles. The maximum Gasteiger partial charge on any atom is 0.272 e. The Bertz CT molecular complexity index is 762. The van der Waals surface area contributed by atoms with Gasteiger partial charge in [-0.3, -0.25) is 4.79 Å².